The molecule has 0 saturated heterocycles. The maximum absolute atomic E-state index is 10.6. The van der Waals surface area contributed by atoms with Crippen LogP contribution in [0.3, 0.4) is 0 Å². The summed E-state index contributed by atoms with van der Waals surface area (Å²) in [4.78, 5) is 10.6. The number of amides is 1. The van der Waals surface area contributed by atoms with E-state index in [0.29, 0.717) is 5.03 Å². The highest BCUT2D eigenvalue weighted by atomic mass is 35.5. The summed E-state index contributed by atoms with van der Waals surface area (Å²) in [6.07, 6.45) is 5.71. The van der Waals surface area contributed by atoms with Crippen LogP contribution in [0.25, 0.3) is 0 Å². The van der Waals surface area contributed by atoms with E-state index in [2.05, 4.69) is 6.58 Å². The van der Waals surface area contributed by atoms with Crippen molar-refractivity contribution >= 4 is 17.5 Å². The minimum atomic E-state index is -0.336. The van der Waals surface area contributed by atoms with Crippen LogP contribution >= 0.6 is 11.6 Å². The van der Waals surface area contributed by atoms with Gasteiger partial charge in [-0.25, -0.2) is 0 Å². The Morgan fingerprint density at radius 1 is 1.75 bits per heavy atom. The van der Waals surface area contributed by atoms with Gasteiger partial charge in [-0.2, -0.15) is 0 Å². The fraction of sp³-hybridized carbons (Fsp3) is 0.222. The average Bonchev–Trinajstić information content (AvgIpc) is 1.98. The van der Waals surface area contributed by atoms with E-state index in [4.69, 9.17) is 17.3 Å². The molecule has 1 atom stereocenters. The molecule has 2 N–H and O–H groups in total. The first-order valence-corrected chi connectivity index (χ1v) is 4.00. The van der Waals surface area contributed by atoms with Crippen LogP contribution in [0.4, 0.5) is 0 Å². The van der Waals surface area contributed by atoms with E-state index in [-0.39, 0.29) is 18.2 Å². The van der Waals surface area contributed by atoms with Gasteiger partial charge in [0.1, 0.15) is 0 Å². The van der Waals surface area contributed by atoms with Gasteiger partial charge in [0.05, 0.1) is 0 Å². The molecule has 3 heteroatoms. The Kier molecular flexibility index (Phi) is 2.71. The number of allylic oxidation sites excluding steroid dienone is 5. The van der Waals surface area contributed by atoms with Crippen LogP contribution in [0.15, 0.2) is 35.4 Å². The number of hydrogen-bond acceptors (Lipinski definition) is 1. The maximum Gasteiger partial charge on any atom is 0.218 e. The van der Waals surface area contributed by atoms with E-state index in [0.717, 1.165) is 5.57 Å². The van der Waals surface area contributed by atoms with Gasteiger partial charge >= 0.3 is 0 Å². The molecule has 0 aromatic rings. The highest BCUT2D eigenvalue weighted by Gasteiger charge is 2.16. The second kappa shape index (κ2) is 3.59. The van der Waals surface area contributed by atoms with Crippen molar-refractivity contribution in [3.63, 3.8) is 0 Å². The molecule has 0 radical (unpaired) electrons. The van der Waals surface area contributed by atoms with Gasteiger partial charge in [0.15, 0.2) is 0 Å². The Morgan fingerprint density at radius 2 is 2.42 bits per heavy atom. The molecule has 1 aliphatic carbocycles. The van der Waals surface area contributed by atoms with Gasteiger partial charge in [-0.3, -0.25) is 4.79 Å². The van der Waals surface area contributed by atoms with Crippen molar-refractivity contribution in [2.24, 2.45) is 11.7 Å². The standard InChI is InChI=1S/C9H10ClNO/c1-6-7(5-9(11)12)3-2-4-8(6)10/h2-4,7H,1,5H2,(H2,11,12). The topological polar surface area (TPSA) is 43.1 Å². The zero-order valence-corrected chi connectivity index (χ0v) is 7.34. The van der Waals surface area contributed by atoms with Crippen molar-refractivity contribution in [2.45, 2.75) is 6.42 Å². The molecule has 64 valence electrons. The molecule has 0 aliphatic heterocycles. The number of rotatable bonds is 2. The normalized spacial score (nSPS) is 22.2. The van der Waals surface area contributed by atoms with E-state index in [1.165, 1.54) is 0 Å². The molecule has 0 spiro atoms. The Morgan fingerprint density at radius 3 is 3.00 bits per heavy atom. The number of primary amides is 1. The average molecular weight is 184 g/mol. The summed E-state index contributed by atoms with van der Waals surface area (Å²) in [5.41, 5.74) is 5.82. The van der Waals surface area contributed by atoms with Crippen molar-refractivity contribution in [3.8, 4) is 0 Å². The van der Waals surface area contributed by atoms with Gasteiger partial charge in [0.25, 0.3) is 0 Å². The first-order valence-electron chi connectivity index (χ1n) is 3.62. The molecule has 0 bridgehead atoms. The molecular formula is C9H10ClNO. The second-order valence-electron chi connectivity index (χ2n) is 2.70. The Balaban J connectivity index is 2.70. The number of halogens is 1. The van der Waals surface area contributed by atoms with E-state index in [1.54, 1.807) is 6.08 Å². The minimum Gasteiger partial charge on any atom is -0.370 e. The van der Waals surface area contributed by atoms with E-state index >= 15 is 0 Å². The van der Waals surface area contributed by atoms with Gasteiger partial charge in [-0.05, 0) is 11.6 Å². The molecule has 0 aromatic heterocycles. The second-order valence-corrected chi connectivity index (χ2v) is 3.11. The fourth-order valence-corrected chi connectivity index (χ4v) is 1.30. The van der Waals surface area contributed by atoms with Crippen molar-refractivity contribution in [1.82, 2.24) is 0 Å². The summed E-state index contributed by atoms with van der Waals surface area (Å²) in [7, 11) is 0. The zero-order valence-electron chi connectivity index (χ0n) is 6.59. The van der Waals surface area contributed by atoms with E-state index in [1.807, 2.05) is 12.2 Å². The van der Waals surface area contributed by atoms with Gasteiger partial charge in [-0.15, -0.1) is 0 Å². The summed E-state index contributed by atoms with van der Waals surface area (Å²) in [5.74, 6) is -0.364. The van der Waals surface area contributed by atoms with Crippen LogP contribution < -0.4 is 5.73 Å². The van der Waals surface area contributed by atoms with Gasteiger partial charge in [-0.1, -0.05) is 30.3 Å². The lowest BCUT2D eigenvalue weighted by molar-refractivity contribution is -0.118. The zero-order chi connectivity index (χ0) is 9.14. The van der Waals surface area contributed by atoms with Crippen LogP contribution in [0.2, 0.25) is 0 Å². The lowest BCUT2D eigenvalue weighted by Gasteiger charge is -2.16. The van der Waals surface area contributed by atoms with E-state index < -0.39 is 0 Å². The Labute approximate surface area is 76.4 Å². The van der Waals surface area contributed by atoms with Crippen molar-refractivity contribution in [1.29, 1.82) is 0 Å². The molecule has 0 fully saturated rings. The quantitative estimate of drug-likeness (QED) is 0.696. The predicted molar refractivity (Wildman–Crippen MR) is 49.5 cm³/mol. The highest BCUT2D eigenvalue weighted by Crippen LogP contribution is 2.28. The van der Waals surface area contributed by atoms with Crippen LogP contribution in [-0.4, -0.2) is 5.91 Å². The fourth-order valence-electron chi connectivity index (χ4n) is 1.08. The summed E-state index contributed by atoms with van der Waals surface area (Å²) in [6, 6.07) is 0. The van der Waals surface area contributed by atoms with Gasteiger partial charge < -0.3 is 5.73 Å². The molecule has 0 aromatic carbocycles. The highest BCUT2D eigenvalue weighted by molar-refractivity contribution is 6.32. The molecule has 1 unspecified atom stereocenters. The summed E-state index contributed by atoms with van der Waals surface area (Å²) >= 11 is 5.80. The van der Waals surface area contributed by atoms with Crippen molar-refractivity contribution < 1.29 is 4.79 Å². The largest absolute Gasteiger partial charge is 0.370 e. The summed E-state index contributed by atoms with van der Waals surface area (Å²) in [6.45, 7) is 3.77. The number of carbonyl (C=O) groups is 1. The van der Waals surface area contributed by atoms with Crippen LogP contribution in [-0.2, 0) is 4.79 Å². The molecule has 1 rings (SSSR count). The third-order valence-corrected chi connectivity index (χ3v) is 2.13. The lowest BCUT2D eigenvalue weighted by atomic mass is 9.92. The summed E-state index contributed by atoms with van der Waals surface area (Å²) in [5, 5.41) is 0.601. The van der Waals surface area contributed by atoms with Crippen molar-refractivity contribution in [2.75, 3.05) is 0 Å². The predicted octanol–water partition coefficient (Wildman–Crippen LogP) is 1.73. The molecule has 1 amide bonds. The first kappa shape index (κ1) is 9.07. The van der Waals surface area contributed by atoms with Crippen LogP contribution in [0.1, 0.15) is 6.42 Å². The molecule has 1 aliphatic rings. The van der Waals surface area contributed by atoms with E-state index in [9.17, 15) is 4.79 Å². The SMILES string of the molecule is C=C1C(Cl)=CC=CC1CC(N)=O. The summed E-state index contributed by atoms with van der Waals surface area (Å²) < 4.78 is 0. The number of carbonyl (C=O) groups excluding carboxylic acids is 1. The molecule has 0 heterocycles. The lowest BCUT2D eigenvalue weighted by Crippen LogP contribution is -2.17. The Hall–Kier alpha value is -1.02. The maximum atomic E-state index is 10.6. The number of hydrogen-bond donors (Lipinski definition) is 1. The smallest absolute Gasteiger partial charge is 0.218 e. The van der Waals surface area contributed by atoms with Crippen molar-refractivity contribution in [3.05, 3.63) is 35.4 Å². The third-order valence-electron chi connectivity index (χ3n) is 1.76. The molecule has 0 saturated carbocycles. The Bertz CT molecular complexity index is 278. The van der Waals surface area contributed by atoms with Crippen LogP contribution in [0.5, 0.6) is 0 Å². The monoisotopic (exact) mass is 183 g/mol. The minimum absolute atomic E-state index is 0.0278. The van der Waals surface area contributed by atoms with Gasteiger partial charge in [0.2, 0.25) is 5.91 Å². The van der Waals surface area contributed by atoms with Gasteiger partial charge in [0, 0.05) is 17.4 Å². The molecular weight excluding hydrogens is 174 g/mol. The third kappa shape index (κ3) is 1.98. The first-order chi connectivity index (χ1) is 5.61. The molecule has 12 heavy (non-hydrogen) atoms. The number of nitrogens with two attached hydrogens (primary N) is 1. The molecule has 2 nitrogen and oxygen atoms in total. The van der Waals surface area contributed by atoms with Crippen LogP contribution in [0, 0.1) is 5.92 Å².